The van der Waals surface area contributed by atoms with Crippen LogP contribution >= 0.6 is 0 Å². The van der Waals surface area contributed by atoms with E-state index in [1.165, 1.54) is 25.7 Å². The molecule has 16 heavy (non-hydrogen) atoms. The zero-order valence-electron chi connectivity index (χ0n) is 10.7. The van der Waals surface area contributed by atoms with Crippen LogP contribution < -0.4 is 0 Å². The van der Waals surface area contributed by atoms with E-state index in [9.17, 15) is 0 Å². The van der Waals surface area contributed by atoms with Crippen molar-refractivity contribution in [2.45, 2.75) is 45.6 Å². The molecule has 96 valence electrons. The van der Waals surface area contributed by atoms with Gasteiger partial charge in [-0.05, 0) is 12.3 Å². The molecule has 0 N–H and O–H groups in total. The van der Waals surface area contributed by atoms with Gasteiger partial charge in [-0.15, -0.1) is 0 Å². The number of hydrogen-bond acceptors (Lipinski definition) is 3. The summed E-state index contributed by atoms with van der Waals surface area (Å²) in [6.45, 7) is 8.39. The molecule has 1 rings (SSSR count). The number of hydrogen-bond donors (Lipinski definition) is 0. The summed E-state index contributed by atoms with van der Waals surface area (Å²) in [6.07, 6.45) is 5.48. The minimum atomic E-state index is 0.368. The second-order valence-corrected chi connectivity index (χ2v) is 4.52. The van der Waals surface area contributed by atoms with Crippen molar-refractivity contribution in [3.63, 3.8) is 0 Å². The van der Waals surface area contributed by atoms with Gasteiger partial charge in [-0.1, -0.05) is 33.1 Å². The number of ether oxygens (including phenoxy) is 3. The highest BCUT2D eigenvalue weighted by molar-refractivity contribution is 4.66. The van der Waals surface area contributed by atoms with Gasteiger partial charge in [0.05, 0.1) is 26.4 Å². The van der Waals surface area contributed by atoms with Crippen LogP contribution in [-0.4, -0.2) is 39.1 Å². The zero-order chi connectivity index (χ0) is 11.6. The second kappa shape index (κ2) is 8.97. The van der Waals surface area contributed by atoms with Crippen LogP contribution in [0.1, 0.15) is 39.5 Å². The van der Waals surface area contributed by atoms with Crippen LogP contribution in [0, 0.1) is 5.92 Å². The Labute approximate surface area is 99.5 Å². The van der Waals surface area contributed by atoms with Crippen molar-refractivity contribution in [3.05, 3.63) is 0 Å². The van der Waals surface area contributed by atoms with Crippen molar-refractivity contribution in [2.24, 2.45) is 5.92 Å². The molecule has 0 aromatic heterocycles. The van der Waals surface area contributed by atoms with Gasteiger partial charge in [-0.25, -0.2) is 0 Å². The second-order valence-electron chi connectivity index (χ2n) is 4.52. The van der Waals surface area contributed by atoms with E-state index >= 15 is 0 Å². The van der Waals surface area contributed by atoms with Crippen molar-refractivity contribution in [1.82, 2.24) is 0 Å². The van der Waals surface area contributed by atoms with E-state index in [0.29, 0.717) is 12.7 Å². The summed E-state index contributed by atoms with van der Waals surface area (Å²) in [5, 5.41) is 0. The van der Waals surface area contributed by atoms with Crippen LogP contribution in [0.2, 0.25) is 0 Å². The van der Waals surface area contributed by atoms with Gasteiger partial charge in [-0.2, -0.15) is 0 Å². The van der Waals surface area contributed by atoms with Gasteiger partial charge >= 0.3 is 0 Å². The molecular weight excluding hydrogens is 204 g/mol. The van der Waals surface area contributed by atoms with Crippen molar-refractivity contribution in [3.8, 4) is 0 Å². The monoisotopic (exact) mass is 230 g/mol. The summed E-state index contributed by atoms with van der Waals surface area (Å²) in [7, 11) is 0. The minimum absolute atomic E-state index is 0.368. The van der Waals surface area contributed by atoms with Crippen LogP contribution in [0.3, 0.4) is 0 Å². The van der Waals surface area contributed by atoms with Gasteiger partial charge in [0.15, 0.2) is 0 Å². The minimum Gasteiger partial charge on any atom is -0.379 e. The molecule has 1 fully saturated rings. The first-order valence-corrected chi connectivity index (χ1v) is 6.63. The summed E-state index contributed by atoms with van der Waals surface area (Å²) in [5.74, 6) is 0.728. The fourth-order valence-electron chi connectivity index (χ4n) is 1.65. The van der Waals surface area contributed by atoms with Crippen molar-refractivity contribution < 1.29 is 14.2 Å². The summed E-state index contributed by atoms with van der Waals surface area (Å²) < 4.78 is 16.1. The Morgan fingerprint density at radius 1 is 1.25 bits per heavy atom. The van der Waals surface area contributed by atoms with Crippen molar-refractivity contribution in [1.29, 1.82) is 0 Å². The first-order valence-electron chi connectivity index (χ1n) is 6.63. The molecule has 1 saturated heterocycles. The Bertz CT molecular complexity index is 157. The van der Waals surface area contributed by atoms with E-state index in [1.54, 1.807) is 0 Å². The highest BCUT2D eigenvalue weighted by Crippen LogP contribution is 2.12. The van der Waals surface area contributed by atoms with Gasteiger partial charge in [0, 0.05) is 6.61 Å². The lowest BCUT2D eigenvalue weighted by Gasteiger charge is -2.14. The Morgan fingerprint density at radius 3 is 2.62 bits per heavy atom. The maximum atomic E-state index is 5.62. The zero-order valence-corrected chi connectivity index (χ0v) is 10.7. The van der Waals surface area contributed by atoms with E-state index in [4.69, 9.17) is 14.2 Å². The first kappa shape index (κ1) is 13.9. The van der Waals surface area contributed by atoms with Gasteiger partial charge in [0.1, 0.15) is 6.10 Å². The SMILES string of the molecule is CCCCC(CC)COCCOCC1CO1. The molecule has 0 aromatic carbocycles. The highest BCUT2D eigenvalue weighted by Gasteiger charge is 2.21. The molecule has 0 aromatic rings. The highest BCUT2D eigenvalue weighted by atomic mass is 16.6. The quantitative estimate of drug-likeness (QED) is 0.404. The molecule has 0 amide bonds. The molecule has 2 unspecified atom stereocenters. The summed E-state index contributed by atoms with van der Waals surface area (Å²) in [5.41, 5.74) is 0. The van der Waals surface area contributed by atoms with Crippen LogP contribution in [0.25, 0.3) is 0 Å². The van der Waals surface area contributed by atoms with E-state index < -0.39 is 0 Å². The van der Waals surface area contributed by atoms with Crippen molar-refractivity contribution in [2.75, 3.05) is 33.0 Å². The summed E-state index contributed by atoms with van der Waals surface area (Å²) in [6, 6.07) is 0. The molecule has 3 nitrogen and oxygen atoms in total. The fraction of sp³-hybridized carbons (Fsp3) is 1.00. The van der Waals surface area contributed by atoms with E-state index in [-0.39, 0.29) is 0 Å². The third-order valence-electron chi connectivity index (χ3n) is 2.97. The molecule has 0 aliphatic carbocycles. The number of unbranched alkanes of at least 4 members (excludes halogenated alkanes) is 1. The van der Waals surface area contributed by atoms with Gasteiger partial charge < -0.3 is 14.2 Å². The first-order chi connectivity index (χ1) is 7.86. The van der Waals surface area contributed by atoms with Gasteiger partial charge in [-0.3, -0.25) is 0 Å². The molecule has 3 heteroatoms. The van der Waals surface area contributed by atoms with Gasteiger partial charge in [0.2, 0.25) is 0 Å². The molecule has 2 atom stereocenters. The molecule has 1 aliphatic heterocycles. The molecular formula is C13H26O3. The standard InChI is InChI=1S/C13H26O3/c1-3-5-6-12(4-2)9-14-7-8-15-10-13-11-16-13/h12-13H,3-11H2,1-2H3. The molecule has 1 heterocycles. The van der Waals surface area contributed by atoms with Crippen molar-refractivity contribution >= 4 is 0 Å². The molecule has 0 spiro atoms. The van der Waals surface area contributed by atoms with Crippen LogP contribution in [-0.2, 0) is 14.2 Å². The maximum absolute atomic E-state index is 5.62. The summed E-state index contributed by atoms with van der Waals surface area (Å²) >= 11 is 0. The predicted molar refractivity (Wildman–Crippen MR) is 64.7 cm³/mol. The lowest BCUT2D eigenvalue weighted by atomic mass is 10.0. The third-order valence-corrected chi connectivity index (χ3v) is 2.97. The normalized spacial score (nSPS) is 21.0. The van der Waals surface area contributed by atoms with E-state index in [2.05, 4.69) is 13.8 Å². The fourth-order valence-corrected chi connectivity index (χ4v) is 1.65. The topological polar surface area (TPSA) is 31.0 Å². The van der Waals surface area contributed by atoms with Gasteiger partial charge in [0.25, 0.3) is 0 Å². The summed E-state index contributed by atoms with van der Waals surface area (Å²) in [4.78, 5) is 0. The molecule has 0 bridgehead atoms. The van der Waals surface area contributed by atoms with E-state index in [0.717, 1.165) is 32.3 Å². The number of rotatable bonds is 11. The maximum Gasteiger partial charge on any atom is 0.104 e. The van der Waals surface area contributed by atoms with Crippen LogP contribution in [0.4, 0.5) is 0 Å². The van der Waals surface area contributed by atoms with E-state index in [1.807, 2.05) is 0 Å². The van der Waals surface area contributed by atoms with Crippen LogP contribution in [0.5, 0.6) is 0 Å². The lowest BCUT2D eigenvalue weighted by molar-refractivity contribution is 0.0269. The predicted octanol–water partition coefficient (Wildman–Crippen LogP) is 2.63. The molecule has 0 saturated carbocycles. The Hall–Kier alpha value is -0.120. The average Bonchev–Trinajstić information content (AvgIpc) is 3.11. The molecule has 0 radical (unpaired) electrons. The number of epoxide rings is 1. The Kier molecular flexibility index (Phi) is 7.81. The van der Waals surface area contributed by atoms with Crippen LogP contribution in [0.15, 0.2) is 0 Å². The lowest BCUT2D eigenvalue weighted by Crippen LogP contribution is -2.13. The Morgan fingerprint density at radius 2 is 2.00 bits per heavy atom. The largest absolute Gasteiger partial charge is 0.379 e. The average molecular weight is 230 g/mol. The smallest absolute Gasteiger partial charge is 0.104 e. The Balaban J connectivity index is 1.83. The third kappa shape index (κ3) is 7.20. The molecule has 1 aliphatic rings.